The Morgan fingerprint density at radius 2 is 2.08 bits per heavy atom. The van der Waals surface area contributed by atoms with Gasteiger partial charge in [0.25, 0.3) is 0 Å². The van der Waals surface area contributed by atoms with Crippen molar-refractivity contribution in [1.82, 2.24) is 14.8 Å². The first-order valence-corrected chi connectivity index (χ1v) is 7.74. The minimum absolute atomic E-state index is 0.344. The average Bonchev–Trinajstić information content (AvgIpc) is 2.90. The maximum absolute atomic E-state index is 12.9. The molecule has 0 unspecified atom stereocenters. The van der Waals surface area contributed by atoms with Crippen molar-refractivity contribution in [3.05, 3.63) is 59.4 Å². The SMILES string of the molecule is C=CC(=O)Nc1cnc2c(c1)c(C)nn2-c1ccc(C(F)(F)F)c(Cl)c1. The Bertz CT molecular complexity index is 1030. The van der Waals surface area contributed by atoms with Gasteiger partial charge in [0, 0.05) is 5.39 Å². The van der Waals surface area contributed by atoms with Crippen molar-refractivity contribution in [2.24, 2.45) is 0 Å². The molecule has 1 amide bonds. The number of alkyl halides is 3. The van der Waals surface area contributed by atoms with Gasteiger partial charge in [0.2, 0.25) is 5.91 Å². The standard InChI is InChI=1S/C17H12ClF3N4O/c1-3-15(26)23-10-6-12-9(2)24-25(16(12)22-8-10)11-4-5-13(14(18)7-11)17(19,20)21/h3-8H,1H2,2H3,(H,23,26). The molecule has 0 saturated heterocycles. The number of aryl methyl sites for hydroxylation is 1. The fraction of sp³-hybridized carbons (Fsp3) is 0.118. The molecule has 26 heavy (non-hydrogen) atoms. The molecule has 3 aromatic rings. The monoisotopic (exact) mass is 380 g/mol. The highest BCUT2D eigenvalue weighted by Crippen LogP contribution is 2.36. The summed E-state index contributed by atoms with van der Waals surface area (Å²) in [4.78, 5) is 15.6. The van der Waals surface area contributed by atoms with Crippen LogP contribution in [0.25, 0.3) is 16.7 Å². The molecular weight excluding hydrogens is 369 g/mol. The third-order valence-electron chi connectivity index (χ3n) is 3.66. The first kappa shape index (κ1) is 17.9. The first-order valence-electron chi connectivity index (χ1n) is 7.36. The van der Waals surface area contributed by atoms with Gasteiger partial charge < -0.3 is 5.32 Å². The summed E-state index contributed by atoms with van der Waals surface area (Å²) < 4.78 is 40.0. The summed E-state index contributed by atoms with van der Waals surface area (Å²) in [6.45, 7) is 5.10. The number of benzene rings is 1. The minimum atomic E-state index is -4.53. The van der Waals surface area contributed by atoms with Crippen molar-refractivity contribution in [1.29, 1.82) is 0 Å². The van der Waals surface area contributed by atoms with E-state index in [9.17, 15) is 18.0 Å². The number of halogens is 4. The molecule has 0 aliphatic carbocycles. The van der Waals surface area contributed by atoms with Crippen molar-refractivity contribution in [3.63, 3.8) is 0 Å². The van der Waals surface area contributed by atoms with Gasteiger partial charge in [-0.1, -0.05) is 18.2 Å². The third kappa shape index (κ3) is 3.28. The van der Waals surface area contributed by atoms with Gasteiger partial charge in [0.05, 0.1) is 33.9 Å². The number of nitrogens with zero attached hydrogens (tertiary/aromatic N) is 3. The van der Waals surface area contributed by atoms with Gasteiger partial charge in [0.1, 0.15) is 0 Å². The molecule has 5 nitrogen and oxygen atoms in total. The van der Waals surface area contributed by atoms with Gasteiger partial charge in [-0.05, 0) is 37.3 Å². The second kappa shape index (κ2) is 6.45. The van der Waals surface area contributed by atoms with Crippen LogP contribution >= 0.6 is 11.6 Å². The number of amides is 1. The van der Waals surface area contributed by atoms with E-state index >= 15 is 0 Å². The van der Waals surface area contributed by atoms with E-state index in [0.717, 1.165) is 12.1 Å². The van der Waals surface area contributed by atoms with Crippen LogP contribution < -0.4 is 5.32 Å². The highest BCUT2D eigenvalue weighted by atomic mass is 35.5. The van der Waals surface area contributed by atoms with Crippen LogP contribution in [0.2, 0.25) is 5.02 Å². The summed E-state index contributed by atoms with van der Waals surface area (Å²) in [5, 5.41) is 7.12. The van der Waals surface area contributed by atoms with Crippen molar-refractivity contribution < 1.29 is 18.0 Å². The van der Waals surface area contributed by atoms with Crippen molar-refractivity contribution >= 4 is 34.2 Å². The topological polar surface area (TPSA) is 59.8 Å². The van der Waals surface area contributed by atoms with Gasteiger partial charge in [0.15, 0.2) is 5.65 Å². The van der Waals surface area contributed by atoms with E-state index in [-0.39, 0.29) is 5.91 Å². The molecule has 0 aliphatic heterocycles. The van der Waals surface area contributed by atoms with Gasteiger partial charge >= 0.3 is 6.18 Å². The first-order chi connectivity index (χ1) is 12.2. The lowest BCUT2D eigenvalue weighted by molar-refractivity contribution is -0.137. The lowest BCUT2D eigenvalue weighted by Gasteiger charge is -2.10. The summed E-state index contributed by atoms with van der Waals surface area (Å²) in [7, 11) is 0. The van der Waals surface area contributed by atoms with Crippen LogP contribution in [0.1, 0.15) is 11.3 Å². The zero-order chi connectivity index (χ0) is 19.1. The van der Waals surface area contributed by atoms with Gasteiger partial charge in [-0.25, -0.2) is 9.67 Å². The van der Waals surface area contributed by atoms with E-state index in [4.69, 9.17) is 11.6 Å². The molecule has 134 valence electrons. The minimum Gasteiger partial charge on any atom is -0.321 e. The number of carbonyl (C=O) groups excluding carboxylic acids is 1. The quantitative estimate of drug-likeness (QED) is 0.679. The molecule has 0 spiro atoms. The maximum atomic E-state index is 12.9. The third-order valence-corrected chi connectivity index (χ3v) is 3.98. The average molecular weight is 381 g/mol. The summed E-state index contributed by atoms with van der Waals surface area (Å²) in [5.41, 5.74) is 0.901. The predicted octanol–water partition coefficient (Wildman–Crippen LogP) is 4.53. The zero-order valence-corrected chi connectivity index (χ0v) is 14.2. The van der Waals surface area contributed by atoms with E-state index < -0.39 is 16.8 Å². The smallest absolute Gasteiger partial charge is 0.321 e. The van der Waals surface area contributed by atoms with Crippen LogP contribution in [-0.2, 0) is 11.0 Å². The van der Waals surface area contributed by atoms with Crippen LogP contribution in [-0.4, -0.2) is 20.7 Å². The fourth-order valence-electron chi connectivity index (χ4n) is 2.45. The summed E-state index contributed by atoms with van der Waals surface area (Å²) in [5.74, 6) is -0.384. The second-order valence-electron chi connectivity index (χ2n) is 5.45. The molecule has 2 aromatic heterocycles. The van der Waals surface area contributed by atoms with Crippen molar-refractivity contribution in [3.8, 4) is 5.69 Å². The number of pyridine rings is 1. The number of carbonyl (C=O) groups is 1. The fourth-order valence-corrected chi connectivity index (χ4v) is 2.73. The van der Waals surface area contributed by atoms with Crippen molar-refractivity contribution in [2.45, 2.75) is 13.1 Å². The van der Waals surface area contributed by atoms with E-state index in [1.807, 2.05) is 0 Å². The van der Waals surface area contributed by atoms with E-state index in [1.54, 1.807) is 13.0 Å². The molecule has 1 aromatic carbocycles. The van der Waals surface area contributed by atoms with Crippen LogP contribution in [0.4, 0.5) is 18.9 Å². The number of hydrogen-bond donors (Lipinski definition) is 1. The number of anilines is 1. The lowest BCUT2D eigenvalue weighted by Crippen LogP contribution is -2.08. The van der Waals surface area contributed by atoms with E-state index in [1.165, 1.54) is 23.0 Å². The maximum Gasteiger partial charge on any atom is 0.417 e. The number of nitrogens with one attached hydrogen (secondary N) is 1. The van der Waals surface area contributed by atoms with Crippen LogP contribution in [0.3, 0.4) is 0 Å². The molecule has 1 N–H and O–H groups in total. The predicted molar refractivity (Wildman–Crippen MR) is 92.4 cm³/mol. The van der Waals surface area contributed by atoms with Crippen molar-refractivity contribution in [2.75, 3.05) is 5.32 Å². The van der Waals surface area contributed by atoms with Crippen LogP contribution in [0.5, 0.6) is 0 Å². The Hall–Kier alpha value is -2.87. The Morgan fingerprint density at radius 1 is 1.35 bits per heavy atom. The van der Waals surface area contributed by atoms with Gasteiger partial charge in [-0.2, -0.15) is 18.3 Å². The molecule has 0 aliphatic rings. The molecule has 0 atom stereocenters. The Morgan fingerprint density at radius 3 is 2.69 bits per heavy atom. The number of rotatable bonds is 3. The van der Waals surface area contributed by atoms with E-state index in [2.05, 4.69) is 22.0 Å². The normalized spacial score (nSPS) is 11.6. The van der Waals surface area contributed by atoms with Gasteiger partial charge in [-0.15, -0.1) is 0 Å². The molecule has 9 heteroatoms. The molecule has 3 rings (SSSR count). The Kier molecular flexibility index (Phi) is 4.45. The molecule has 0 fully saturated rings. The highest BCUT2D eigenvalue weighted by Gasteiger charge is 2.33. The van der Waals surface area contributed by atoms with Crippen LogP contribution in [0, 0.1) is 6.92 Å². The molecule has 0 saturated carbocycles. The Balaban J connectivity index is 2.08. The lowest BCUT2D eigenvalue weighted by atomic mass is 10.2. The largest absolute Gasteiger partial charge is 0.417 e. The molecule has 0 bridgehead atoms. The summed E-state index contributed by atoms with van der Waals surface area (Å²) in [6, 6.07) is 5.04. The summed E-state index contributed by atoms with van der Waals surface area (Å²) >= 11 is 5.78. The van der Waals surface area contributed by atoms with Gasteiger partial charge in [-0.3, -0.25) is 4.79 Å². The Labute approximate surface area is 151 Å². The second-order valence-corrected chi connectivity index (χ2v) is 5.85. The highest BCUT2D eigenvalue weighted by molar-refractivity contribution is 6.31. The number of fused-ring (bicyclic) bond motifs is 1. The molecule has 2 heterocycles. The number of aromatic nitrogens is 3. The zero-order valence-electron chi connectivity index (χ0n) is 13.4. The molecule has 0 radical (unpaired) electrons. The summed E-state index contributed by atoms with van der Waals surface area (Å²) in [6.07, 6.45) is -1.98. The van der Waals surface area contributed by atoms with E-state index in [0.29, 0.717) is 28.1 Å². The van der Waals surface area contributed by atoms with Crippen LogP contribution in [0.15, 0.2) is 43.1 Å². The molecular formula is C17H12ClF3N4O. The number of hydrogen-bond acceptors (Lipinski definition) is 3.